The summed E-state index contributed by atoms with van der Waals surface area (Å²) < 4.78 is 0. The molecule has 0 aliphatic carbocycles. The lowest BCUT2D eigenvalue weighted by molar-refractivity contribution is 0.175. The first-order valence-corrected chi connectivity index (χ1v) is 8.32. The summed E-state index contributed by atoms with van der Waals surface area (Å²) in [5, 5.41) is 3.10. The van der Waals surface area contributed by atoms with E-state index < -0.39 is 0 Å². The van der Waals surface area contributed by atoms with Crippen LogP contribution in [-0.4, -0.2) is 35.5 Å². The van der Waals surface area contributed by atoms with Crippen molar-refractivity contribution in [2.75, 3.05) is 18.5 Å². The topological polar surface area (TPSA) is 48.5 Å². The van der Waals surface area contributed by atoms with Gasteiger partial charge in [-0.15, -0.1) is 0 Å². The molecule has 0 spiro atoms. The van der Waals surface area contributed by atoms with Crippen LogP contribution < -0.4 is 10.2 Å². The zero-order valence-electron chi connectivity index (χ0n) is 14.4. The molecule has 2 heterocycles. The van der Waals surface area contributed by atoms with E-state index in [0.717, 1.165) is 12.1 Å². The molecule has 24 heavy (non-hydrogen) atoms. The molecular weight excluding hydrogens is 300 g/mol. The molecule has 0 saturated carbocycles. The van der Waals surface area contributed by atoms with Gasteiger partial charge in [-0.3, -0.25) is 4.98 Å². The molecule has 5 heteroatoms. The van der Waals surface area contributed by atoms with E-state index in [-0.39, 0.29) is 18.1 Å². The Hall–Kier alpha value is -2.56. The Morgan fingerprint density at radius 3 is 2.83 bits per heavy atom. The van der Waals surface area contributed by atoms with Crippen molar-refractivity contribution in [3.05, 3.63) is 59.9 Å². The third-order valence-corrected chi connectivity index (χ3v) is 4.60. The fourth-order valence-corrected chi connectivity index (χ4v) is 3.21. The Morgan fingerprint density at radius 1 is 1.29 bits per heavy atom. The van der Waals surface area contributed by atoms with Crippen LogP contribution in [0.25, 0.3) is 0 Å². The molecule has 0 fully saturated rings. The highest BCUT2D eigenvalue weighted by molar-refractivity contribution is 5.76. The van der Waals surface area contributed by atoms with Gasteiger partial charge in [-0.05, 0) is 37.1 Å². The van der Waals surface area contributed by atoms with E-state index in [2.05, 4.69) is 41.3 Å². The van der Waals surface area contributed by atoms with Crippen LogP contribution in [0.2, 0.25) is 0 Å². The van der Waals surface area contributed by atoms with E-state index in [1.807, 2.05) is 36.1 Å². The van der Waals surface area contributed by atoms with Crippen molar-refractivity contribution in [1.82, 2.24) is 15.2 Å². The lowest BCUT2D eigenvalue weighted by Crippen LogP contribution is -2.47. The van der Waals surface area contributed by atoms with E-state index in [9.17, 15) is 4.79 Å². The van der Waals surface area contributed by atoms with Gasteiger partial charge in [0.1, 0.15) is 0 Å². The quantitative estimate of drug-likeness (QED) is 0.923. The molecule has 1 N–H and O–H groups in total. The van der Waals surface area contributed by atoms with Crippen LogP contribution in [0.3, 0.4) is 0 Å². The molecule has 2 aromatic rings. The number of pyridine rings is 1. The summed E-state index contributed by atoms with van der Waals surface area (Å²) in [6.45, 7) is 5.51. The number of nitrogens with one attached hydrogen (secondary N) is 1. The number of hydrogen-bond acceptors (Lipinski definition) is 3. The minimum Gasteiger partial charge on any atom is -0.372 e. The van der Waals surface area contributed by atoms with Crippen LogP contribution in [-0.2, 0) is 6.54 Å². The van der Waals surface area contributed by atoms with Crippen molar-refractivity contribution < 1.29 is 4.79 Å². The predicted molar refractivity (Wildman–Crippen MR) is 95.9 cm³/mol. The van der Waals surface area contributed by atoms with Gasteiger partial charge < -0.3 is 15.1 Å². The van der Waals surface area contributed by atoms with Gasteiger partial charge in [0.25, 0.3) is 0 Å². The van der Waals surface area contributed by atoms with Crippen molar-refractivity contribution in [2.45, 2.75) is 32.5 Å². The second kappa shape index (κ2) is 6.91. The minimum atomic E-state index is -0.0744. The number of nitrogens with zero attached hydrogens (tertiary/aromatic N) is 3. The van der Waals surface area contributed by atoms with Gasteiger partial charge >= 0.3 is 6.03 Å². The molecule has 2 amide bonds. The molecular formula is C19H24N4O. The van der Waals surface area contributed by atoms with Gasteiger partial charge in [-0.2, -0.15) is 0 Å². The van der Waals surface area contributed by atoms with Crippen LogP contribution in [0.1, 0.15) is 31.0 Å². The van der Waals surface area contributed by atoms with E-state index in [1.54, 1.807) is 12.4 Å². The fourth-order valence-electron chi connectivity index (χ4n) is 3.21. The van der Waals surface area contributed by atoms with E-state index in [1.165, 1.54) is 11.3 Å². The first kappa shape index (κ1) is 16.3. The maximum absolute atomic E-state index is 12.8. The minimum absolute atomic E-state index is 0.0380. The van der Waals surface area contributed by atoms with Crippen LogP contribution >= 0.6 is 0 Å². The molecule has 0 unspecified atom stereocenters. The smallest absolute Gasteiger partial charge is 0.318 e. The van der Waals surface area contributed by atoms with Crippen LogP contribution in [0.4, 0.5) is 10.5 Å². The average Bonchev–Trinajstić information content (AvgIpc) is 2.72. The molecule has 3 rings (SSSR count). The van der Waals surface area contributed by atoms with Crippen LogP contribution in [0.5, 0.6) is 0 Å². The third-order valence-electron chi connectivity index (χ3n) is 4.60. The normalized spacial score (nSPS) is 18.5. The van der Waals surface area contributed by atoms with Gasteiger partial charge in [0.15, 0.2) is 0 Å². The Balaban J connectivity index is 1.77. The summed E-state index contributed by atoms with van der Waals surface area (Å²) in [7, 11) is 2.08. The molecule has 2 atom stereocenters. The van der Waals surface area contributed by atoms with Crippen molar-refractivity contribution in [3.8, 4) is 0 Å². The number of hydrogen-bond donors (Lipinski definition) is 1. The molecule has 0 bridgehead atoms. The zero-order valence-corrected chi connectivity index (χ0v) is 14.4. The van der Waals surface area contributed by atoms with Crippen molar-refractivity contribution in [2.24, 2.45) is 0 Å². The van der Waals surface area contributed by atoms with E-state index >= 15 is 0 Å². The number of para-hydroxylation sites is 1. The summed E-state index contributed by atoms with van der Waals surface area (Å²) in [4.78, 5) is 21.1. The third kappa shape index (κ3) is 3.35. The highest BCUT2D eigenvalue weighted by Gasteiger charge is 2.27. The van der Waals surface area contributed by atoms with E-state index in [4.69, 9.17) is 0 Å². The second-order valence-corrected chi connectivity index (χ2v) is 6.44. The lowest BCUT2D eigenvalue weighted by Gasteiger charge is -2.30. The highest BCUT2D eigenvalue weighted by Crippen LogP contribution is 2.26. The number of amides is 2. The lowest BCUT2D eigenvalue weighted by atomic mass is 10.1. The first-order chi connectivity index (χ1) is 11.6. The Bertz CT molecular complexity index is 704. The van der Waals surface area contributed by atoms with Crippen molar-refractivity contribution in [3.63, 3.8) is 0 Å². The maximum Gasteiger partial charge on any atom is 0.318 e. The predicted octanol–water partition coefficient (Wildman–Crippen LogP) is 3.19. The molecule has 1 aromatic carbocycles. The molecule has 0 radical (unpaired) electrons. The molecule has 1 aromatic heterocycles. The van der Waals surface area contributed by atoms with Crippen molar-refractivity contribution in [1.29, 1.82) is 0 Å². The molecule has 0 saturated heterocycles. The molecule has 5 nitrogen and oxygen atoms in total. The summed E-state index contributed by atoms with van der Waals surface area (Å²) in [6.07, 6.45) is 3.53. The second-order valence-electron chi connectivity index (χ2n) is 6.44. The van der Waals surface area contributed by atoms with Crippen LogP contribution in [0, 0.1) is 0 Å². The summed E-state index contributed by atoms with van der Waals surface area (Å²) >= 11 is 0. The number of aromatic nitrogens is 1. The monoisotopic (exact) mass is 324 g/mol. The number of urea groups is 1. The first-order valence-electron chi connectivity index (χ1n) is 8.32. The summed E-state index contributed by atoms with van der Waals surface area (Å²) in [6, 6.07) is 12.2. The van der Waals surface area contributed by atoms with Gasteiger partial charge in [0.05, 0.1) is 6.04 Å². The Morgan fingerprint density at radius 2 is 2.08 bits per heavy atom. The molecule has 1 aliphatic rings. The maximum atomic E-state index is 12.8. The number of carbonyl (C=O) groups is 1. The van der Waals surface area contributed by atoms with E-state index in [0.29, 0.717) is 6.54 Å². The number of benzene rings is 1. The SMILES string of the molecule is C[C@@H](NC(=O)N1Cc2ccccc2N(C)C[C@@H]1C)c1cccnc1. The van der Waals surface area contributed by atoms with Gasteiger partial charge in [0.2, 0.25) is 0 Å². The Kier molecular flexibility index (Phi) is 4.69. The number of anilines is 1. The average molecular weight is 324 g/mol. The number of fused-ring (bicyclic) bond motifs is 1. The van der Waals surface area contributed by atoms with Gasteiger partial charge in [-0.1, -0.05) is 24.3 Å². The molecule has 1 aliphatic heterocycles. The highest BCUT2D eigenvalue weighted by atomic mass is 16.2. The molecule has 126 valence electrons. The standard InChI is InChI=1S/C19H24N4O/c1-14-12-22(3)18-9-5-4-7-17(18)13-23(14)19(24)21-15(2)16-8-6-10-20-11-16/h4-11,14-15H,12-13H2,1-3H3,(H,21,24)/t14-,15+/m0/s1. The summed E-state index contributed by atoms with van der Waals surface area (Å²) in [5.41, 5.74) is 3.37. The largest absolute Gasteiger partial charge is 0.372 e. The number of likely N-dealkylation sites (N-methyl/N-ethyl adjacent to an activating group) is 1. The number of rotatable bonds is 2. The van der Waals surface area contributed by atoms with Crippen molar-refractivity contribution >= 4 is 11.7 Å². The zero-order chi connectivity index (χ0) is 17.1. The fraction of sp³-hybridized carbons (Fsp3) is 0.368. The van der Waals surface area contributed by atoms with Gasteiger partial charge in [-0.25, -0.2) is 4.79 Å². The van der Waals surface area contributed by atoms with Gasteiger partial charge in [0, 0.05) is 44.3 Å². The summed E-state index contributed by atoms with van der Waals surface area (Å²) in [5.74, 6) is 0. The number of carbonyl (C=O) groups excluding carboxylic acids is 1. The van der Waals surface area contributed by atoms with Crippen LogP contribution in [0.15, 0.2) is 48.8 Å². The Labute approximate surface area is 143 Å².